The Bertz CT molecular complexity index is 593. The van der Waals surface area contributed by atoms with Crippen molar-refractivity contribution in [3.05, 3.63) is 64.6 Å². The van der Waals surface area contributed by atoms with Crippen molar-refractivity contribution in [1.29, 1.82) is 0 Å². The average Bonchev–Trinajstić information content (AvgIpc) is 2.36. The van der Waals surface area contributed by atoms with E-state index in [1.165, 1.54) is 42.6 Å². The minimum absolute atomic E-state index is 0.0404. The van der Waals surface area contributed by atoms with Gasteiger partial charge in [-0.15, -0.1) is 0 Å². The maximum Gasteiger partial charge on any atom is 0.290 e. The Morgan fingerprint density at radius 1 is 1.11 bits per heavy atom. The topological polar surface area (TPSA) is 48.0 Å². The van der Waals surface area contributed by atoms with E-state index in [0.29, 0.717) is 0 Å². The third-order valence-electron chi connectivity index (χ3n) is 2.61. The number of anilines is 1. The normalized spacial score (nSPS) is 11.4. The van der Waals surface area contributed by atoms with E-state index < -0.39 is 18.0 Å². The van der Waals surface area contributed by atoms with Gasteiger partial charge in [-0.3, -0.25) is 4.79 Å². The standard InChI is InChI=1S/C13H12F2N2O/c14-13(15,10-5-2-1-3-6-10)9-17-8-4-7-11(16)12(17)18/h1-8H,9,16H2. The van der Waals surface area contributed by atoms with E-state index >= 15 is 0 Å². The fourth-order valence-electron chi connectivity index (χ4n) is 1.67. The van der Waals surface area contributed by atoms with Crippen molar-refractivity contribution in [3.8, 4) is 0 Å². The van der Waals surface area contributed by atoms with Crippen LogP contribution in [0, 0.1) is 0 Å². The van der Waals surface area contributed by atoms with E-state index in [4.69, 9.17) is 5.73 Å². The van der Waals surface area contributed by atoms with Crippen LogP contribution in [0.3, 0.4) is 0 Å². The predicted molar refractivity (Wildman–Crippen MR) is 65.5 cm³/mol. The molecule has 0 unspecified atom stereocenters. The minimum Gasteiger partial charge on any atom is -0.394 e. The first kappa shape index (κ1) is 12.3. The summed E-state index contributed by atoms with van der Waals surface area (Å²) in [5.41, 5.74) is 4.63. The maximum absolute atomic E-state index is 14.0. The van der Waals surface area contributed by atoms with Crippen molar-refractivity contribution < 1.29 is 8.78 Å². The summed E-state index contributed by atoms with van der Waals surface area (Å²) in [6.07, 6.45) is 1.30. The van der Waals surface area contributed by atoms with E-state index in [-0.39, 0.29) is 11.3 Å². The van der Waals surface area contributed by atoms with Crippen LogP contribution in [-0.4, -0.2) is 4.57 Å². The molecule has 2 aromatic rings. The number of nitrogens with two attached hydrogens (primary N) is 1. The first-order valence-corrected chi connectivity index (χ1v) is 5.39. The molecule has 0 radical (unpaired) electrons. The number of hydrogen-bond acceptors (Lipinski definition) is 2. The molecule has 18 heavy (non-hydrogen) atoms. The van der Waals surface area contributed by atoms with Gasteiger partial charge in [0.15, 0.2) is 0 Å². The molecular formula is C13H12F2N2O. The smallest absolute Gasteiger partial charge is 0.290 e. The molecule has 0 fully saturated rings. The highest BCUT2D eigenvalue weighted by molar-refractivity contribution is 5.33. The summed E-state index contributed by atoms with van der Waals surface area (Å²) in [7, 11) is 0. The molecule has 1 aromatic heterocycles. The molecule has 0 amide bonds. The predicted octanol–water partition coefficient (Wildman–Crippen LogP) is 2.22. The van der Waals surface area contributed by atoms with Crippen LogP contribution in [0.1, 0.15) is 5.56 Å². The van der Waals surface area contributed by atoms with Crippen LogP contribution >= 0.6 is 0 Å². The average molecular weight is 250 g/mol. The van der Waals surface area contributed by atoms with Crippen LogP contribution in [0.25, 0.3) is 0 Å². The summed E-state index contributed by atoms with van der Waals surface area (Å²) in [5.74, 6) is -3.11. The second-order valence-corrected chi connectivity index (χ2v) is 3.97. The highest BCUT2D eigenvalue weighted by atomic mass is 19.3. The monoisotopic (exact) mass is 250 g/mol. The number of pyridine rings is 1. The van der Waals surface area contributed by atoms with Crippen molar-refractivity contribution in [3.63, 3.8) is 0 Å². The molecule has 3 nitrogen and oxygen atoms in total. The number of alkyl halides is 2. The Balaban J connectivity index is 2.34. The zero-order valence-electron chi connectivity index (χ0n) is 9.51. The number of hydrogen-bond donors (Lipinski definition) is 1. The summed E-state index contributed by atoms with van der Waals surface area (Å²) in [4.78, 5) is 11.6. The molecule has 2 N–H and O–H groups in total. The lowest BCUT2D eigenvalue weighted by molar-refractivity contribution is -0.0230. The SMILES string of the molecule is Nc1cccn(CC(F)(F)c2ccccc2)c1=O. The second kappa shape index (κ2) is 4.60. The third kappa shape index (κ3) is 2.40. The van der Waals surface area contributed by atoms with E-state index in [1.807, 2.05) is 0 Å². The lowest BCUT2D eigenvalue weighted by Crippen LogP contribution is -2.30. The fraction of sp³-hybridized carbons (Fsp3) is 0.154. The van der Waals surface area contributed by atoms with Gasteiger partial charge >= 0.3 is 0 Å². The van der Waals surface area contributed by atoms with Crippen molar-refractivity contribution >= 4 is 5.69 Å². The molecule has 1 aromatic carbocycles. The molecule has 0 bridgehead atoms. The van der Waals surface area contributed by atoms with Gasteiger partial charge in [0, 0.05) is 11.8 Å². The summed E-state index contributed by atoms with van der Waals surface area (Å²) in [5, 5.41) is 0. The second-order valence-electron chi connectivity index (χ2n) is 3.97. The Labute approximate surface area is 102 Å². The molecule has 0 saturated heterocycles. The number of halogens is 2. The van der Waals surface area contributed by atoms with Gasteiger partial charge in [-0.2, -0.15) is 8.78 Å². The molecule has 0 saturated carbocycles. The summed E-state index contributed by atoms with van der Waals surface area (Å²) in [6, 6.07) is 10.2. The van der Waals surface area contributed by atoms with Gasteiger partial charge in [-0.25, -0.2) is 0 Å². The Morgan fingerprint density at radius 3 is 2.44 bits per heavy atom. The van der Waals surface area contributed by atoms with Gasteiger partial charge < -0.3 is 10.3 Å². The summed E-state index contributed by atoms with van der Waals surface area (Å²) in [6.45, 7) is -0.721. The Hall–Kier alpha value is -2.17. The fourth-order valence-corrected chi connectivity index (χ4v) is 1.67. The number of nitrogens with zero attached hydrogens (tertiary/aromatic N) is 1. The first-order chi connectivity index (χ1) is 8.50. The van der Waals surface area contributed by atoms with Gasteiger partial charge in [0.2, 0.25) is 0 Å². The third-order valence-corrected chi connectivity index (χ3v) is 2.61. The molecule has 0 aliphatic rings. The number of benzene rings is 1. The van der Waals surface area contributed by atoms with Crippen molar-refractivity contribution in [2.45, 2.75) is 12.5 Å². The van der Waals surface area contributed by atoms with E-state index in [1.54, 1.807) is 6.07 Å². The lowest BCUT2D eigenvalue weighted by atomic mass is 10.1. The van der Waals surface area contributed by atoms with Crippen LogP contribution in [0.5, 0.6) is 0 Å². The van der Waals surface area contributed by atoms with E-state index in [0.717, 1.165) is 4.57 Å². The van der Waals surface area contributed by atoms with Gasteiger partial charge in [0.25, 0.3) is 11.5 Å². The van der Waals surface area contributed by atoms with Gasteiger partial charge in [-0.05, 0) is 12.1 Å². The molecule has 0 aliphatic carbocycles. The van der Waals surface area contributed by atoms with Gasteiger partial charge in [0.1, 0.15) is 0 Å². The zero-order chi connectivity index (χ0) is 13.2. The summed E-state index contributed by atoms with van der Waals surface area (Å²) < 4.78 is 28.8. The van der Waals surface area contributed by atoms with Gasteiger partial charge in [-0.1, -0.05) is 30.3 Å². The highest BCUT2D eigenvalue weighted by Gasteiger charge is 2.32. The molecule has 0 atom stereocenters. The van der Waals surface area contributed by atoms with Crippen LogP contribution in [0.15, 0.2) is 53.5 Å². The molecule has 0 aliphatic heterocycles. The Morgan fingerprint density at radius 2 is 1.78 bits per heavy atom. The molecule has 0 spiro atoms. The largest absolute Gasteiger partial charge is 0.394 e. The van der Waals surface area contributed by atoms with Crippen LogP contribution in [0.2, 0.25) is 0 Å². The van der Waals surface area contributed by atoms with Crippen LogP contribution < -0.4 is 11.3 Å². The van der Waals surface area contributed by atoms with Crippen molar-refractivity contribution in [2.24, 2.45) is 0 Å². The molecule has 2 rings (SSSR count). The molecular weight excluding hydrogens is 238 g/mol. The molecule has 94 valence electrons. The highest BCUT2D eigenvalue weighted by Crippen LogP contribution is 2.29. The number of aromatic nitrogens is 1. The Kier molecular flexibility index (Phi) is 3.14. The van der Waals surface area contributed by atoms with E-state index in [9.17, 15) is 13.6 Å². The quantitative estimate of drug-likeness (QED) is 0.908. The molecule has 1 heterocycles. The lowest BCUT2D eigenvalue weighted by Gasteiger charge is -2.18. The maximum atomic E-state index is 14.0. The van der Waals surface area contributed by atoms with Crippen LogP contribution in [0.4, 0.5) is 14.5 Å². The van der Waals surface area contributed by atoms with Gasteiger partial charge in [0.05, 0.1) is 12.2 Å². The first-order valence-electron chi connectivity index (χ1n) is 5.39. The number of nitrogen functional groups attached to an aromatic ring is 1. The minimum atomic E-state index is -3.11. The number of rotatable bonds is 3. The summed E-state index contributed by atoms with van der Waals surface area (Å²) >= 11 is 0. The van der Waals surface area contributed by atoms with Crippen LogP contribution in [-0.2, 0) is 12.5 Å². The van der Waals surface area contributed by atoms with Crippen molar-refractivity contribution in [1.82, 2.24) is 4.57 Å². The molecule has 5 heteroatoms. The zero-order valence-corrected chi connectivity index (χ0v) is 9.51. The van der Waals surface area contributed by atoms with Crippen molar-refractivity contribution in [2.75, 3.05) is 5.73 Å². The van der Waals surface area contributed by atoms with E-state index in [2.05, 4.69) is 0 Å².